The van der Waals surface area contributed by atoms with Crippen molar-refractivity contribution >= 4 is 0 Å². The van der Waals surface area contributed by atoms with Crippen LogP contribution in [0.5, 0.6) is 0 Å². The predicted octanol–water partition coefficient (Wildman–Crippen LogP) is 9.32. The van der Waals surface area contributed by atoms with Gasteiger partial charge in [-0.1, -0.05) is 60.7 Å². The molecule has 35 heavy (non-hydrogen) atoms. The minimum Gasteiger partial charge on any atom is -0.315 e. The van der Waals surface area contributed by atoms with Crippen LogP contribution in [0.3, 0.4) is 0 Å². The van der Waals surface area contributed by atoms with Crippen LogP contribution in [0, 0.1) is 11.7 Å². The molecule has 0 bridgehead atoms. The van der Waals surface area contributed by atoms with Crippen molar-refractivity contribution in [3.05, 3.63) is 94.8 Å². The predicted molar refractivity (Wildman–Crippen MR) is 138 cm³/mol. The standard InChI is InChI=1S/C31H39F3O/c1-3-5-7-9-24-11-13-26(14-12-24)22-31(33,34)35-23-29-20-19-28(21-30(29)32)27-17-15-25(16-18-27)10-8-6-4-2/h3-6,11-14,19-21,25,27H,7-10,15-18,22-23H2,1-2H3/b5-3+,6-4+. The first-order valence-corrected chi connectivity index (χ1v) is 13.0. The highest BCUT2D eigenvalue weighted by atomic mass is 19.3. The van der Waals surface area contributed by atoms with E-state index in [9.17, 15) is 13.2 Å². The summed E-state index contributed by atoms with van der Waals surface area (Å²) in [6.45, 7) is 3.58. The molecule has 0 saturated heterocycles. The molecule has 1 nitrogen and oxygen atoms in total. The van der Waals surface area contributed by atoms with Gasteiger partial charge in [-0.25, -0.2) is 4.39 Å². The molecule has 0 radical (unpaired) electrons. The Morgan fingerprint density at radius 1 is 0.886 bits per heavy atom. The van der Waals surface area contributed by atoms with Gasteiger partial charge in [0.05, 0.1) is 13.0 Å². The van der Waals surface area contributed by atoms with Gasteiger partial charge in [0.15, 0.2) is 0 Å². The molecule has 1 saturated carbocycles. The molecular weight excluding hydrogens is 445 g/mol. The van der Waals surface area contributed by atoms with E-state index in [1.807, 2.05) is 38.1 Å². The number of ether oxygens (including phenoxy) is 1. The third-order valence-corrected chi connectivity index (χ3v) is 7.08. The summed E-state index contributed by atoms with van der Waals surface area (Å²) < 4.78 is 48.5. The maximum Gasteiger partial charge on any atom is 0.360 e. The van der Waals surface area contributed by atoms with Crippen molar-refractivity contribution < 1.29 is 17.9 Å². The fourth-order valence-corrected chi connectivity index (χ4v) is 4.93. The first-order valence-electron chi connectivity index (χ1n) is 13.0. The molecule has 3 rings (SSSR count). The van der Waals surface area contributed by atoms with Crippen molar-refractivity contribution in [3.8, 4) is 0 Å². The number of rotatable bonds is 12. The molecule has 2 aromatic rings. The quantitative estimate of drug-likeness (QED) is 0.273. The lowest BCUT2D eigenvalue weighted by Gasteiger charge is -2.29. The number of aryl methyl sites for hydroxylation is 1. The minimum atomic E-state index is -3.36. The van der Waals surface area contributed by atoms with Gasteiger partial charge in [0, 0.05) is 5.56 Å². The van der Waals surface area contributed by atoms with E-state index >= 15 is 0 Å². The number of alkyl halides is 2. The van der Waals surface area contributed by atoms with Crippen LogP contribution in [0.25, 0.3) is 0 Å². The molecule has 4 heteroatoms. The normalized spacial score (nSPS) is 19.1. The molecule has 0 spiro atoms. The van der Waals surface area contributed by atoms with E-state index < -0.39 is 25.0 Å². The van der Waals surface area contributed by atoms with Crippen LogP contribution in [0.15, 0.2) is 66.8 Å². The third kappa shape index (κ3) is 9.00. The van der Waals surface area contributed by atoms with Crippen LogP contribution in [-0.2, 0) is 24.2 Å². The molecule has 2 aromatic carbocycles. The van der Waals surface area contributed by atoms with Gasteiger partial charge in [0.25, 0.3) is 0 Å². The molecule has 1 fully saturated rings. The lowest BCUT2D eigenvalue weighted by atomic mass is 9.77. The summed E-state index contributed by atoms with van der Waals surface area (Å²) in [6, 6.07) is 12.2. The Morgan fingerprint density at radius 3 is 2.20 bits per heavy atom. The van der Waals surface area contributed by atoms with E-state index in [0.29, 0.717) is 11.5 Å². The molecule has 1 aliphatic rings. The average Bonchev–Trinajstić information content (AvgIpc) is 2.85. The van der Waals surface area contributed by atoms with E-state index in [-0.39, 0.29) is 5.56 Å². The zero-order valence-corrected chi connectivity index (χ0v) is 21.1. The fraction of sp³-hybridized carbons (Fsp3) is 0.484. The molecule has 1 aliphatic carbocycles. The molecule has 0 amide bonds. The van der Waals surface area contributed by atoms with Crippen molar-refractivity contribution in [3.63, 3.8) is 0 Å². The Hall–Kier alpha value is -2.33. The summed E-state index contributed by atoms with van der Waals surface area (Å²) in [4.78, 5) is 0. The number of benzene rings is 2. The Bertz CT molecular complexity index is 954. The minimum absolute atomic E-state index is 0.174. The molecule has 0 heterocycles. The van der Waals surface area contributed by atoms with Crippen LogP contribution < -0.4 is 0 Å². The fourth-order valence-electron chi connectivity index (χ4n) is 4.93. The summed E-state index contributed by atoms with van der Waals surface area (Å²) in [5.41, 5.74) is 2.76. The van der Waals surface area contributed by atoms with Crippen LogP contribution in [0.1, 0.15) is 87.0 Å². The highest BCUT2D eigenvalue weighted by Gasteiger charge is 2.31. The Balaban J connectivity index is 1.48. The van der Waals surface area contributed by atoms with E-state index in [2.05, 4.69) is 18.2 Å². The van der Waals surface area contributed by atoms with Gasteiger partial charge in [0.2, 0.25) is 0 Å². The van der Waals surface area contributed by atoms with Gasteiger partial charge in [-0.05, 0) is 99.8 Å². The van der Waals surface area contributed by atoms with E-state index in [4.69, 9.17) is 4.74 Å². The van der Waals surface area contributed by atoms with Gasteiger partial charge < -0.3 is 4.74 Å². The highest BCUT2D eigenvalue weighted by Crippen LogP contribution is 2.38. The van der Waals surface area contributed by atoms with Crippen LogP contribution in [0.4, 0.5) is 13.2 Å². The van der Waals surface area contributed by atoms with Gasteiger partial charge >= 0.3 is 6.11 Å². The largest absolute Gasteiger partial charge is 0.360 e. The van der Waals surface area contributed by atoms with Crippen LogP contribution in [-0.4, -0.2) is 6.11 Å². The van der Waals surface area contributed by atoms with Crippen molar-refractivity contribution in [2.75, 3.05) is 0 Å². The monoisotopic (exact) mass is 484 g/mol. The summed E-state index contributed by atoms with van der Waals surface area (Å²) in [7, 11) is 0. The van der Waals surface area contributed by atoms with E-state index in [1.54, 1.807) is 18.2 Å². The summed E-state index contributed by atoms with van der Waals surface area (Å²) in [6.07, 6.45) is 13.1. The zero-order chi connectivity index (χ0) is 25.1. The topological polar surface area (TPSA) is 9.23 Å². The molecule has 0 atom stereocenters. The molecule has 0 aliphatic heterocycles. The molecule has 0 N–H and O–H groups in total. The highest BCUT2D eigenvalue weighted by molar-refractivity contribution is 5.27. The van der Waals surface area contributed by atoms with Crippen LogP contribution >= 0.6 is 0 Å². The number of hydrogen-bond donors (Lipinski definition) is 0. The van der Waals surface area contributed by atoms with E-state index in [0.717, 1.165) is 62.0 Å². The van der Waals surface area contributed by atoms with Gasteiger partial charge in [-0.15, -0.1) is 0 Å². The maximum atomic E-state index is 14.7. The van der Waals surface area contributed by atoms with Crippen molar-refractivity contribution in [1.29, 1.82) is 0 Å². The van der Waals surface area contributed by atoms with Gasteiger partial charge in [-0.3, -0.25) is 0 Å². The number of hydrogen-bond acceptors (Lipinski definition) is 1. The van der Waals surface area contributed by atoms with E-state index in [1.165, 1.54) is 12.5 Å². The molecule has 0 aromatic heterocycles. The lowest BCUT2D eigenvalue weighted by molar-refractivity contribution is -0.244. The van der Waals surface area contributed by atoms with Crippen molar-refractivity contribution in [2.45, 2.75) is 90.3 Å². The van der Waals surface area contributed by atoms with Gasteiger partial charge in [0.1, 0.15) is 5.82 Å². The van der Waals surface area contributed by atoms with Gasteiger partial charge in [-0.2, -0.15) is 8.78 Å². The second-order valence-corrected chi connectivity index (χ2v) is 9.74. The summed E-state index contributed by atoms with van der Waals surface area (Å²) in [5, 5.41) is 0. The number of halogens is 3. The maximum absolute atomic E-state index is 14.7. The molecular formula is C31H39F3O. The second kappa shape index (κ2) is 13.7. The summed E-state index contributed by atoms with van der Waals surface area (Å²) in [5.74, 6) is 0.635. The SMILES string of the molecule is C/C=C/CCc1ccc(CC(F)(F)OCc2ccc(C3CCC(CC/C=C/C)CC3)cc2F)cc1. The summed E-state index contributed by atoms with van der Waals surface area (Å²) >= 11 is 0. The Morgan fingerprint density at radius 2 is 1.54 bits per heavy atom. The first kappa shape index (κ1) is 27.3. The average molecular weight is 485 g/mol. The zero-order valence-electron chi connectivity index (χ0n) is 21.1. The van der Waals surface area contributed by atoms with Crippen LogP contribution in [0.2, 0.25) is 0 Å². The third-order valence-electron chi connectivity index (χ3n) is 7.08. The smallest absolute Gasteiger partial charge is 0.315 e. The van der Waals surface area contributed by atoms with Crippen molar-refractivity contribution in [1.82, 2.24) is 0 Å². The van der Waals surface area contributed by atoms with Crippen molar-refractivity contribution in [2.24, 2.45) is 5.92 Å². The Kier molecular flexibility index (Phi) is 10.7. The second-order valence-electron chi connectivity index (χ2n) is 9.74. The molecule has 0 unspecified atom stereocenters. The first-order chi connectivity index (χ1) is 16.9. The number of allylic oxidation sites excluding steroid dienone is 4. The lowest BCUT2D eigenvalue weighted by Crippen LogP contribution is -2.24. The molecule has 190 valence electrons. The Labute approximate surface area is 209 Å².